The molecule has 138 valence electrons. The standard InChI is InChI=1S/C18H28ClN5O/c1-3-9-21-17(25)7-10-22-18(20-2)23-15-8-11-24(13-15)16-6-4-5-14(19)12-16/h4-6,12,15H,3,7-11,13H2,1-2H3,(H,21,25)(H2,20,22,23). The van der Waals surface area contributed by atoms with Gasteiger partial charge in [-0.1, -0.05) is 24.6 Å². The molecule has 0 radical (unpaired) electrons. The van der Waals surface area contributed by atoms with E-state index in [0.717, 1.165) is 49.1 Å². The van der Waals surface area contributed by atoms with Crippen molar-refractivity contribution in [3.63, 3.8) is 0 Å². The summed E-state index contributed by atoms with van der Waals surface area (Å²) in [6, 6.07) is 8.25. The number of benzene rings is 1. The molecule has 0 aromatic heterocycles. The quantitative estimate of drug-likeness (QED) is 0.510. The van der Waals surface area contributed by atoms with Crippen molar-refractivity contribution in [1.29, 1.82) is 0 Å². The Balaban J connectivity index is 1.74. The van der Waals surface area contributed by atoms with E-state index in [-0.39, 0.29) is 5.91 Å². The predicted octanol–water partition coefficient (Wildman–Crippen LogP) is 2.00. The number of anilines is 1. The number of carbonyl (C=O) groups is 1. The van der Waals surface area contributed by atoms with Crippen LogP contribution in [0.25, 0.3) is 0 Å². The van der Waals surface area contributed by atoms with Crippen molar-refractivity contribution < 1.29 is 4.79 Å². The lowest BCUT2D eigenvalue weighted by molar-refractivity contribution is -0.120. The van der Waals surface area contributed by atoms with Gasteiger partial charge in [-0.05, 0) is 31.0 Å². The SMILES string of the molecule is CCCNC(=O)CCNC(=NC)NC1CCN(c2cccc(Cl)c2)C1. The van der Waals surface area contributed by atoms with Crippen LogP contribution in [0.4, 0.5) is 5.69 Å². The van der Waals surface area contributed by atoms with E-state index in [0.29, 0.717) is 19.0 Å². The molecule has 0 aliphatic carbocycles. The molecule has 0 spiro atoms. The topological polar surface area (TPSA) is 68.8 Å². The smallest absolute Gasteiger partial charge is 0.221 e. The molecule has 1 aliphatic rings. The number of carbonyl (C=O) groups excluding carboxylic acids is 1. The van der Waals surface area contributed by atoms with Crippen molar-refractivity contribution in [2.45, 2.75) is 32.2 Å². The van der Waals surface area contributed by atoms with Gasteiger partial charge < -0.3 is 20.9 Å². The first-order valence-electron chi connectivity index (χ1n) is 8.86. The molecule has 1 unspecified atom stereocenters. The molecule has 0 bridgehead atoms. The number of rotatable bonds is 7. The Morgan fingerprint density at radius 2 is 2.20 bits per heavy atom. The number of guanidine groups is 1. The zero-order valence-electron chi connectivity index (χ0n) is 15.0. The Morgan fingerprint density at radius 3 is 2.92 bits per heavy atom. The lowest BCUT2D eigenvalue weighted by Gasteiger charge is -2.20. The number of amides is 1. The number of halogens is 1. The molecule has 7 heteroatoms. The van der Waals surface area contributed by atoms with Crippen molar-refractivity contribution in [2.24, 2.45) is 4.99 Å². The largest absolute Gasteiger partial charge is 0.369 e. The molecule has 3 N–H and O–H groups in total. The van der Waals surface area contributed by atoms with Gasteiger partial charge >= 0.3 is 0 Å². The van der Waals surface area contributed by atoms with E-state index in [2.05, 4.69) is 31.9 Å². The fourth-order valence-electron chi connectivity index (χ4n) is 2.82. The van der Waals surface area contributed by atoms with E-state index in [4.69, 9.17) is 11.6 Å². The molecule has 1 fully saturated rings. The molecule has 1 atom stereocenters. The Hall–Kier alpha value is -1.95. The van der Waals surface area contributed by atoms with Gasteiger partial charge in [0.05, 0.1) is 0 Å². The summed E-state index contributed by atoms with van der Waals surface area (Å²) in [6.07, 6.45) is 2.43. The maximum atomic E-state index is 11.6. The molecular weight excluding hydrogens is 338 g/mol. The summed E-state index contributed by atoms with van der Waals surface area (Å²) in [5.74, 6) is 0.805. The van der Waals surface area contributed by atoms with E-state index in [1.165, 1.54) is 0 Å². The van der Waals surface area contributed by atoms with Crippen LogP contribution in [0.5, 0.6) is 0 Å². The van der Waals surface area contributed by atoms with Crippen LogP contribution in [0.1, 0.15) is 26.2 Å². The molecule has 1 aromatic rings. The van der Waals surface area contributed by atoms with Gasteiger partial charge in [-0.15, -0.1) is 0 Å². The highest BCUT2D eigenvalue weighted by Crippen LogP contribution is 2.23. The van der Waals surface area contributed by atoms with E-state index in [9.17, 15) is 4.79 Å². The number of aliphatic imine (C=N–C) groups is 1. The van der Waals surface area contributed by atoms with Gasteiger partial charge in [0.2, 0.25) is 5.91 Å². The zero-order chi connectivity index (χ0) is 18.1. The van der Waals surface area contributed by atoms with Crippen LogP contribution in [0, 0.1) is 0 Å². The van der Waals surface area contributed by atoms with Crippen LogP contribution in [0.3, 0.4) is 0 Å². The lowest BCUT2D eigenvalue weighted by atomic mass is 10.2. The fraction of sp³-hybridized carbons (Fsp3) is 0.556. The van der Waals surface area contributed by atoms with Crippen LogP contribution in [0.2, 0.25) is 5.02 Å². The van der Waals surface area contributed by atoms with Gasteiger partial charge in [0.25, 0.3) is 0 Å². The third-order valence-electron chi connectivity index (χ3n) is 4.14. The molecule has 1 aromatic carbocycles. The van der Waals surface area contributed by atoms with Crippen molar-refractivity contribution >= 4 is 29.2 Å². The maximum Gasteiger partial charge on any atom is 0.221 e. The molecule has 1 amide bonds. The van der Waals surface area contributed by atoms with Crippen LogP contribution in [-0.4, -0.2) is 51.1 Å². The molecule has 0 saturated carbocycles. The fourth-order valence-corrected chi connectivity index (χ4v) is 3.01. The lowest BCUT2D eigenvalue weighted by Crippen LogP contribution is -2.45. The highest BCUT2D eigenvalue weighted by atomic mass is 35.5. The van der Waals surface area contributed by atoms with Gasteiger partial charge in [-0.3, -0.25) is 9.79 Å². The number of nitrogens with zero attached hydrogens (tertiary/aromatic N) is 2. The molecular formula is C18H28ClN5O. The monoisotopic (exact) mass is 365 g/mol. The minimum atomic E-state index is 0.0674. The summed E-state index contributed by atoms with van der Waals surface area (Å²) in [4.78, 5) is 18.2. The van der Waals surface area contributed by atoms with Gasteiger partial charge in [-0.25, -0.2) is 0 Å². The summed E-state index contributed by atoms with van der Waals surface area (Å²) >= 11 is 6.08. The van der Waals surface area contributed by atoms with Gasteiger partial charge in [0, 0.05) is 56.4 Å². The highest BCUT2D eigenvalue weighted by Gasteiger charge is 2.23. The Kier molecular flexibility index (Phi) is 7.85. The van der Waals surface area contributed by atoms with Crippen molar-refractivity contribution in [3.05, 3.63) is 29.3 Å². The Morgan fingerprint density at radius 1 is 1.36 bits per heavy atom. The van der Waals surface area contributed by atoms with Crippen LogP contribution < -0.4 is 20.9 Å². The predicted molar refractivity (Wildman–Crippen MR) is 104 cm³/mol. The summed E-state index contributed by atoms with van der Waals surface area (Å²) in [7, 11) is 1.75. The minimum Gasteiger partial charge on any atom is -0.369 e. The number of hydrogen-bond acceptors (Lipinski definition) is 3. The van der Waals surface area contributed by atoms with Crippen LogP contribution in [0.15, 0.2) is 29.3 Å². The van der Waals surface area contributed by atoms with Crippen molar-refractivity contribution in [2.75, 3.05) is 38.1 Å². The molecule has 1 saturated heterocycles. The number of nitrogens with one attached hydrogen (secondary N) is 3. The summed E-state index contributed by atoms with van der Waals surface area (Å²) in [6.45, 7) is 5.22. The Bertz CT molecular complexity index is 593. The average molecular weight is 366 g/mol. The van der Waals surface area contributed by atoms with E-state index in [1.54, 1.807) is 7.05 Å². The van der Waals surface area contributed by atoms with Crippen molar-refractivity contribution in [3.8, 4) is 0 Å². The third kappa shape index (κ3) is 6.46. The average Bonchev–Trinajstić information content (AvgIpc) is 3.07. The summed E-state index contributed by atoms with van der Waals surface area (Å²) in [5.41, 5.74) is 1.15. The van der Waals surface area contributed by atoms with E-state index >= 15 is 0 Å². The van der Waals surface area contributed by atoms with Crippen LogP contribution >= 0.6 is 11.6 Å². The minimum absolute atomic E-state index is 0.0674. The first-order valence-corrected chi connectivity index (χ1v) is 9.24. The molecule has 1 heterocycles. The first-order chi connectivity index (χ1) is 12.1. The number of hydrogen-bond donors (Lipinski definition) is 3. The first kappa shape index (κ1) is 19.4. The highest BCUT2D eigenvalue weighted by molar-refractivity contribution is 6.30. The second-order valence-corrected chi connectivity index (χ2v) is 6.59. The second-order valence-electron chi connectivity index (χ2n) is 6.15. The van der Waals surface area contributed by atoms with E-state index < -0.39 is 0 Å². The molecule has 2 rings (SSSR count). The van der Waals surface area contributed by atoms with Crippen LogP contribution in [-0.2, 0) is 4.79 Å². The zero-order valence-corrected chi connectivity index (χ0v) is 15.8. The second kappa shape index (κ2) is 10.1. The molecule has 1 aliphatic heterocycles. The van der Waals surface area contributed by atoms with Crippen molar-refractivity contribution in [1.82, 2.24) is 16.0 Å². The van der Waals surface area contributed by atoms with E-state index in [1.807, 2.05) is 25.1 Å². The van der Waals surface area contributed by atoms with Gasteiger partial charge in [0.15, 0.2) is 5.96 Å². The molecule has 25 heavy (non-hydrogen) atoms. The van der Waals surface area contributed by atoms with Gasteiger partial charge in [-0.2, -0.15) is 0 Å². The summed E-state index contributed by atoms with van der Waals surface area (Å²) in [5, 5.41) is 10.3. The third-order valence-corrected chi connectivity index (χ3v) is 4.38. The maximum absolute atomic E-state index is 11.6. The summed E-state index contributed by atoms with van der Waals surface area (Å²) < 4.78 is 0. The van der Waals surface area contributed by atoms with Gasteiger partial charge in [0.1, 0.15) is 0 Å². The Labute approximate surface area is 155 Å². The molecule has 6 nitrogen and oxygen atoms in total. The normalized spacial score (nSPS) is 17.5.